The maximum atomic E-state index is 11.6. The summed E-state index contributed by atoms with van der Waals surface area (Å²) >= 11 is 0. The molecule has 0 aliphatic heterocycles. The molecule has 6 nitrogen and oxygen atoms in total. The van der Waals surface area contributed by atoms with Gasteiger partial charge in [-0.15, -0.1) is 0 Å². The Kier molecular flexibility index (Phi) is 6.31. The quantitative estimate of drug-likeness (QED) is 0.330. The molecule has 0 saturated heterocycles. The molecule has 1 fully saturated rings. The van der Waals surface area contributed by atoms with Crippen molar-refractivity contribution in [3.63, 3.8) is 0 Å². The van der Waals surface area contributed by atoms with Crippen molar-refractivity contribution in [1.82, 2.24) is 0 Å². The van der Waals surface area contributed by atoms with E-state index in [0.29, 0.717) is 6.42 Å². The van der Waals surface area contributed by atoms with Gasteiger partial charge in [0.05, 0.1) is 12.5 Å². The van der Waals surface area contributed by atoms with Crippen LogP contribution in [0.25, 0.3) is 0 Å². The number of aliphatic hydroxyl groups excluding tert-OH is 1. The Hall–Kier alpha value is 0.340. The van der Waals surface area contributed by atoms with Crippen molar-refractivity contribution in [2.45, 2.75) is 32.6 Å². The van der Waals surface area contributed by atoms with Gasteiger partial charge in [-0.25, -0.2) is 8.42 Å². The molecule has 1 N–H and O–H groups in total. The normalized spacial score (nSPS) is 26.9. The largest absolute Gasteiger partial charge is 1.00 e. The molecule has 100 valence electrons. The number of ether oxygens (including phenoxy) is 1. The molecule has 0 aromatic rings. The number of hydrogen-bond acceptors (Lipinski definition) is 6. The Bertz CT molecular complexity index is 405. The summed E-state index contributed by atoms with van der Waals surface area (Å²) < 4.78 is 37.1. The Morgan fingerprint density at radius 3 is 2.39 bits per heavy atom. The molecule has 0 aromatic heterocycles. The van der Waals surface area contributed by atoms with E-state index in [1.54, 1.807) is 13.8 Å². The molecule has 0 radical (unpaired) electrons. The molecule has 18 heavy (non-hydrogen) atoms. The smallest absolute Gasteiger partial charge is 0.746 e. The molecule has 0 spiro atoms. The molecule has 1 aliphatic rings. The number of carbonyl (C=O) groups is 1. The SMILES string of the molecule is CCCOC(=O)C1C(C(O)S(=O)(=O)[O-])C1(C)C.[Na+]. The second-order valence-electron chi connectivity index (χ2n) is 4.88. The molecule has 1 rings (SSSR count). The van der Waals surface area contributed by atoms with Crippen molar-refractivity contribution in [2.75, 3.05) is 6.61 Å². The van der Waals surface area contributed by atoms with Gasteiger partial charge in [-0.3, -0.25) is 4.79 Å². The predicted octanol–water partition coefficient (Wildman–Crippen LogP) is -2.92. The first kappa shape index (κ1) is 18.3. The Morgan fingerprint density at radius 1 is 1.50 bits per heavy atom. The zero-order chi connectivity index (χ0) is 13.4. The second kappa shape index (κ2) is 6.19. The van der Waals surface area contributed by atoms with Crippen LogP contribution < -0.4 is 29.6 Å². The standard InChI is InChI=1S/C10H18O6S.Na/c1-4-5-16-8(11)6-7(10(6,2)3)9(12)17(13,14)15;/h6-7,9,12H,4-5H2,1-3H3,(H,13,14,15);/q;+1/p-1. The zero-order valence-electron chi connectivity index (χ0n) is 11.0. The van der Waals surface area contributed by atoms with E-state index in [9.17, 15) is 22.9 Å². The van der Waals surface area contributed by atoms with Gasteiger partial charge in [0.2, 0.25) is 0 Å². The van der Waals surface area contributed by atoms with E-state index in [4.69, 9.17) is 4.74 Å². The summed E-state index contributed by atoms with van der Waals surface area (Å²) in [6.45, 7) is 5.34. The molecule has 0 heterocycles. The fourth-order valence-electron chi connectivity index (χ4n) is 2.13. The average Bonchev–Trinajstić information content (AvgIpc) is 2.75. The summed E-state index contributed by atoms with van der Waals surface area (Å²) in [6, 6.07) is 0. The number of esters is 1. The van der Waals surface area contributed by atoms with E-state index in [-0.39, 0.29) is 36.2 Å². The first-order chi connectivity index (χ1) is 7.64. The van der Waals surface area contributed by atoms with Crippen LogP contribution in [0.4, 0.5) is 0 Å². The maximum Gasteiger partial charge on any atom is 1.00 e. The van der Waals surface area contributed by atoms with Crippen LogP contribution in [-0.2, 0) is 19.6 Å². The zero-order valence-corrected chi connectivity index (χ0v) is 13.9. The van der Waals surface area contributed by atoms with Gasteiger partial charge in [-0.1, -0.05) is 20.8 Å². The van der Waals surface area contributed by atoms with Crippen molar-refractivity contribution in [3.05, 3.63) is 0 Å². The third kappa shape index (κ3) is 3.68. The topological polar surface area (TPSA) is 104 Å². The van der Waals surface area contributed by atoms with Crippen LogP contribution in [0, 0.1) is 17.3 Å². The van der Waals surface area contributed by atoms with Gasteiger partial charge in [-0.2, -0.15) is 0 Å². The Labute approximate surface area is 129 Å². The van der Waals surface area contributed by atoms with Crippen molar-refractivity contribution < 1.29 is 57.2 Å². The minimum atomic E-state index is -4.80. The number of rotatable bonds is 5. The first-order valence-corrected chi connectivity index (χ1v) is 6.90. The van der Waals surface area contributed by atoms with E-state index in [1.165, 1.54) is 0 Å². The van der Waals surface area contributed by atoms with E-state index >= 15 is 0 Å². The third-order valence-corrected chi connectivity index (χ3v) is 4.10. The molecule has 1 saturated carbocycles. The van der Waals surface area contributed by atoms with Gasteiger partial charge in [0, 0.05) is 5.92 Å². The van der Waals surface area contributed by atoms with Gasteiger partial charge in [0.15, 0.2) is 0 Å². The van der Waals surface area contributed by atoms with Crippen molar-refractivity contribution >= 4 is 16.1 Å². The van der Waals surface area contributed by atoms with Crippen molar-refractivity contribution in [2.24, 2.45) is 17.3 Å². The summed E-state index contributed by atoms with van der Waals surface area (Å²) in [5.74, 6) is -2.16. The van der Waals surface area contributed by atoms with Gasteiger partial charge in [-0.05, 0) is 11.8 Å². The van der Waals surface area contributed by atoms with Gasteiger partial charge in [0.1, 0.15) is 15.6 Å². The summed E-state index contributed by atoms with van der Waals surface area (Å²) in [5, 5.41) is 9.40. The Morgan fingerprint density at radius 2 is 2.00 bits per heavy atom. The molecule has 0 bridgehead atoms. The Balaban J connectivity index is 0.00000289. The van der Waals surface area contributed by atoms with Crippen LogP contribution in [0.1, 0.15) is 27.2 Å². The predicted molar refractivity (Wildman–Crippen MR) is 57.7 cm³/mol. The molecular weight excluding hydrogens is 271 g/mol. The summed E-state index contributed by atoms with van der Waals surface area (Å²) in [5.41, 5.74) is -2.77. The molecular formula is C10H17NaO6S. The molecule has 0 aromatic carbocycles. The van der Waals surface area contributed by atoms with Crippen LogP contribution in [0.15, 0.2) is 0 Å². The second-order valence-corrected chi connectivity index (χ2v) is 6.34. The van der Waals surface area contributed by atoms with Crippen molar-refractivity contribution in [3.8, 4) is 0 Å². The van der Waals surface area contributed by atoms with Crippen LogP contribution >= 0.6 is 0 Å². The first-order valence-electron chi connectivity index (χ1n) is 5.43. The van der Waals surface area contributed by atoms with Gasteiger partial charge in [0.25, 0.3) is 0 Å². The van der Waals surface area contributed by atoms with E-state index in [2.05, 4.69) is 0 Å². The average molecular weight is 288 g/mol. The molecule has 8 heteroatoms. The third-order valence-electron chi connectivity index (χ3n) is 3.22. The van der Waals surface area contributed by atoms with Gasteiger partial charge >= 0.3 is 35.5 Å². The fraction of sp³-hybridized carbons (Fsp3) is 0.900. The number of carbonyl (C=O) groups excluding carboxylic acids is 1. The van der Waals surface area contributed by atoms with Crippen LogP contribution in [0.2, 0.25) is 0 Å². The minimum Gasteiger partial charge on any atom is -0.746 e. The molecule has 3 unspecified atom stereocenters. The minimum absolute atomic E-state index is 0. The fourth-order valence-corrected chi connectivity index (χ4v) is 3.00. The summed E-state index contributed by atoms with van der Waals surface area (Å²) in [7, 11) is -4.80. The van der Waals surface area contributed by atoms with Crippen molar-refractivity contribution in [1.29, 1.82) is 0 Å². The van der Waals surface area contributed by atoms with E-state index in [1.807, 2.05) is 6.92 Å². The molecule has 1 aliphatic carbocycles. The van der Waals surface area contributed by atoms with Crippen LogP contribution in [0.3, 0.4) is 0 Å². The van der Waals surface area contributed by atoms with Gasteiger partial charge < -0.3 is 14.4 Å². The maximum absolute atomic E-state index is 11.6. The van der Waals surface area contributed by atoms with Crippen LogP contribution in [0.5, 0.6) is 0 Å². The monoisotopic (exact) mass is 288 g/mol. The number of aliphatic hydroxyl groups is 1. The summed E-state index contributed by atoms with van der Waals surface area (Å²) in [6.07, 6.45) is 0.659. The molecule has 3 atom stereocenters. The van der Waals surface area contributed by atoms with Crippen LogP contribution in [-0.4, -0.2) is 36.1 Å². The molecule has 0 amide bonds. The number of hydrogen-bond donors (Lipinski definition) is 1. The van der Waals surface area contributed by atoms with E-state index < -0.39 is 38.8 Å². The summed E-state index contributed by atoms with van der Waals surface area (Å²) in [4.78, 5) is 11.6. The van der Waals surface area contributed by atoms with E-state index in [0.717, 1.165) is 0 Å².